The molecule has 0 unspecified atom stereocenters. The van der Waals surface area contributed by atoms with Crippen molar-refractivity contribution in [2.75, 3.05) is 19.8 Å². The Hall–Kier alpha value is -0.980. The van der Waals surface area contributed by atoms with Crippen LogP contribution in [0.5, 0.6) is 0 Å². The summed E-state index contributed by atoms with van der Waals surface area (Å²) in [7, 11) is 0. The maximum Gasteiger partial charge on any atom is 0.242 e. The fraction of sp³-hybridized carbons (Fsp3) is 0.773. The van der Waals surface area contributed by atoms with Crippen LogP contribution in [0.25, 0.3) is 0 Å². The number of carbonyl (C=O) groups is 1. The molecule has 0 aliphatic carbocycles. The number of aliphatic hydroxyl groups is 1. The van der Waals surface area contributed by atoms with Crippen LogP contribution in [-0.2, 0) is 14.3 Å². The summed E-state index contributed by atoms with van der Waals surface area (Å²) in [4.78, 5) is 13.0. The van der Waals surface area contributed by atoms with Gasteiger partial charge in [-0.15, -0.1) is 11.8 Å². The Morgan fingerprint density at radius 2 is 1.93 bits per heavy atom. The molecule has 1 saturated heterocycles. The molecule has 0 aromatic carbocycles. The highest BCUT2D eigenvalue weighted by atomic mass is 32.2. The average molecular weight is 412 g/mol. The number of rotatable bonds is 8. The maximum atomic E-state index is 13.0. The highest BCUT2D eigenvalue weighted by molar-refractivity contribution is 8.01. The minimum atomic E-state index is -0.556. The van der Waals surface area contributed by atoms with Gasteiger partial charge in [-0.05, 0) is 50.7 Å². The molecule has 0 aromatic rings. The predicted molar refractivity (Wildman–Crippen MR) is 115 cm³/mol. The van der Waals surface area contributed by atoms with Crippen molar-refractivity contribution in [1.82, 2.24) is 5.32 Å². The van der Waals surface area contributed by atoms with E-state index < -0.39 is 16.3 Å². The summed E-state index contributed by atoms with van der Waals surface area (Å²) in [5.74, 6) is 0.428. The number of thioether (sulfide) groups is 1. The van der Waals surface area contributed by atoms with Gasteiger partial charge in [0.2, 0.25) is 5.91 Å². The lowest BCUT2D eigenvalue weighted by molar-refractivity contribution is -0.122. The van der Waals surface area contributed by atoms with E-state index in [0.717, 1.165) is 38.0 Å². The van der Waals surface area contributed by atoms with Crippen LogP contribution in [0.2, 0.25) is 0 Å². The summed E-state index contributed by atoms with van der Waals surface area (Å²) in [6.45, 7) is 14.1. The van der Waals surface area contributed by atoms with Gasteiger partial charge in [0.1, 0.15) is 6.61 Å². The van der Waals surface area contributed by atoms with E-state index in [4.69, 9.17) is 9.47 Å². The van der Waals surface area contributed by atoms with Crippen LogP contribution >= 0.6 is 11.8 Å². The number of hydrogen-bond acceptors (Lipinski definition) is 5. The molecule has 1 atom stereocenters. The molecule has 160 valence electrons. The standard InChI is InChI=1S/C22H37NO4S/c1-7-15-14-27-19(13-17(15)21(3,4)18(24)8-2)23-20(25)22(5,6)28-16-9-11-26-12-10-16/h13,16,18,24H,7-12,14H2,1-6H3,(H,23,25)/t18-/m0/s1. The van der Waals surface area contributed by atoms with Crippen LogP contribution in [-0.4, -0.2) is 46.9 Å². The molecule has 6 heteroatoms. The molecule has 2 N–H and O–H groups in total. The Morgan fingerprint density at radius 1 is 1.29 bits per heavy atom. The Bertz CT molecular complexity index is 618. The molecule has 1 amide bonds. The molecular weight excluding hydrogens is 374 g/mol. The smallest absolute Gasteiger partial charge is 0.242 e. The topological polar surface area (TPSA) is 67.8 Å². The molecule has 0 saturated carbocycles. The first-order chi connectivity index (χ1) is 13.1. The Labute approximate surface area is 174 Å². The third kappa shape index (κ3) is 5.55. The van der Waals surface area contributed by atoms with Gasteiger partial charge in [0.15, 0.2) is 5.88 Å². The van der Waals surface area contributed by atoms with Gasteiger partial charge in [-0.1, -0.05) is 27.7 Å². The van der Waals surface area contributed by atoms with Gasteiger partial charge < -0.3 is 14.6 Å². The van der Waals surface area contributed by atoms with E-state index >= 15 is 0 Å². The van der Waals surface area contributed by atoms with Crippen LogP contribution < -0.4 is 5.32 Å². The number of amides is 1. The third-order valence-electron chi connectivity index (χ3n) is 5.81. The van der Waals surface area contributed by atoms with Crippen molar-refractivity contribution in [1.29, 1.82) is 0 Å². The van der Waals surface area contributed by atoms with Crippen molar-refractivity contribution in [2.45, 2.75) is 83.3 Å². The summed E-state index contributed by atoms with van der Waals surface area (Å²) in [6.07, 6.45) is 4.97. The second-order valence-electron chi connectivity index (χ2n) is 8.71. The maximum absolute atomic E-state index is 13.0. The molecule has 2 aliphatic rings. The normalized spacial score (nSPS) is 20.5. The highest BCUT2D eigenvalue weighted by Gasteiger charge is 2.36. The molecule has 1 fully saturated rings. The quantitative estimate of drug-likeness (QED) is 0.627. The van der Waals surface area contributed by atoms with Crippen molar-refractivity contribution in [3.8, 4) is 0 Å². The zero-order chi connectivity index (χ0) is 20.9. The lowest BCUT2D eigenvalue weighted by atomic mass is 9.75. The molecule has 2 heterocycles. The zero-order valence-corrected chi connectivity index (χ0v) is 19.1. The number of allylic oxidation sites excluding steroid dienone is 1. The van der Waals surface area contributed by atoms with Crippen LogP contribution in [0.3, 0.4) is 0 Å². The molecule has 0 radical (unpaired) electrons. The number of ether oxygens (including phenoxy) is 2. The van der Waals surface area contributed by atoms with Crippen molar-refractivity contribution in [2.24, 2.45) is 5.41 Å². The summed E-state index contributed by atoms with van der Waals surface area (Å²) >= 11 is 1.71. The Morgan fingerprint density at radius 3 is 2.50 bits per heavy atom. The highest BCUT2D eigenvalue weighted by Crippen LogP contribution is 2.39. The lowest BCUT2D eigenvalue weighted by Crippen LogP contribution is -2.42. The van der Waals surface area contributed by atoms with E-state index in [9.17, 15) is 9.90 Å². The summed E-state index contributed by atoms with van der Waals surface area (Å²) in [5, 5.41) is 14.0. The molecule has 0 aromatic heterocycles. The number of nitrogens with one attached hydrogen (secondary N) is 1. The van der Waals surface area contributed by atoms with Gasteiger partial charge in [0, 0.05) is 30.0 Å². The van der Waals surface area contributed by atoms with Gasteiger partial charge >= 0.3 is 0 Å². The van der Waals surface area contributed by atoms with Crippen LogP contribution in [0.4, 0.5) is 0 Å². The van der Waals surface area contributed by atoms with E-state index in [1.165, 1.54) is 5.57 Å². The van der Waals surface area contributed by atoms with Crippen LogP contribution in [0.15, 0.2) is 23.1 Å². The minimum Gasteiger partial charge on any atom is -0.474 e. The number of carbonyl (C=O) groups excluding carboxylic acids is 1. The van der Waals surface area contributed by atoms with Crippen molar-refractivity contribution in [3.63, 3.8) is 0 Å². The van der Waals surface area contributed by atoms with Gasteiger partial charge in [-0.25, -0.2) is 0 Å². The fourth-order valence-electron chi connectivity index (χ4n) is 3.74. The van der Waals surface area contributed by atoms with Gasteiger partial charge in [-0.3, -0.25) is 10.1 Å². The molecule has 2 rings (SSSR count). The minimum absolute atomic E-state index is 0.0524. The molecular formula is C22H37NO4S. The van der Waals surface area contributed by atoms with Gasteiger partial charge in [0.05, 0.1) is 10.9 Å². The molecule has 0 spiro atoms. The van der Waals surface area contributed by atoms with Crippen molar-refractivity contribution < 1.29 is 19.4 Å². The van der Waals surface area contributed by atoms with E-state index in [1.54, 1.807) is 11.8 Å². The van der Waals surface area contributed by atoms with Gasteiger partial charge in [0.25, 0.3) is 0 Å². The van der Waals surface area contributed by atoms with E-state index in [2.05, 4.69) is 26.1 Å². The summed E-state index contributed by atoms with van der Waals surface area (Å²) in [5.41, 5.74) is 1.85. The monoisotopic (exact) mass is 411 g/mol. The summed E-state index contributed by atoms with van der Waals surface area (Å²) in [6, 6.07) is 0. The average Bonchev–Trinajstić information content (AvgIpc) is 2.67. The first-order valence-electron chi connectivity index (χ1n) is 10.4. The van der Waals surface area contributed by atoms with E-state index in [0.29, 0.717) is 24.2 Å². The Balaban J connectivity index is 2.13. The molecule has 28 heavy (non-hydrogen) atoms. The first kappa shape index (κ1) is 23.3. The second kappa shape index (κ2) is 9.68. The number of aliphatic hydroxyl groups excluding tert-OH is 1. The van der Waals surface area contributed by atoms with Gasteiger partial charge in [-0.2, -0.15) is 0 Å². The van der Waals surface area contributed by atoms with Crippen molar-refractivity contribution in [3.05, 3.63) is 23.1 Å². The zero-order valence-electron chi connectivity index (χ0n) is 18.3. The molecule has 2 aliphatic heterocycles. The molecule has 0 bridgehead atoms. The predicted octanol–water partition coefficient (Wildman–Crippen LogP) is 4.17. The Kier molecular flexibility index (Phi) is 8.06. The fourth-order valence-corrected chi connectivity index (χ4v) is 5.16. The SMILES string of the molecule is CCC1=C(C(C)(C)[C@@H](O)CC)C=C(NC(=O)C(C)(C)SC2CCOCC2)OC1. The first-order valence-corrected chi connectivity index (χ1v) is 11.3. The van der Waals surface area contributed by atoms with E-state index in [1.807, 2.05) is 26.8 Å². The largest absolute Gasteiger partial charge is 0.474 e. The number of hydrogen-bond donors (Lipinski definition) is 2. The van der Waals surface area contributed by atoms with E-state index in [-0.39, 0.29) is 5.91 Å². The third-order valence-corrected chi connectivity index (χ3v) is 7.39. The van der Waals surface area contributed by atoms with Crippen LogP contribution in [0.1, 0.15) is 67.2 Å². The van der Waals surface area contributed by atoms with Crippen molar-refractivity contribution >= 4 is 17.7 Å². The van der Waals surface area contributed by atoms with Crippen LogP contribution in [0, 0.1) is 5.41 Å². The lowest BCUT2D eigenvalue weighted by Gasteiger charge is -2.36. The molecule has 5 nitrogen and oxygen atoms in total. The summed E-state index contributed by atoms with van der Waals surface area (Å²) < 4.78 is 10.7. The second-order valence-corrected chi connectivity index (χ2v) is 10.6.